The van der Waals surface area contributed by atoms with Gasteiger partial charge in [-0.15, -0.1) is 0 Å². The van der Waals surface area contributed by atoms with Crippen LogP contribution in [-0.4, -0.2) is 26.2 Å². The molecule has 1 fully saturated rings. The topological polar surface area (TPSA) is 53.3 Å². The summed E-state index contributed by atoms with van der Waals surface area (Å²) in [5, 5.41) is 8.85. The van der Waals surface area contributed by atoms with Crippen molar-refractivity contribution in [1.82, 2.24) is 0 Å². The molecule has 1 atom stereocenters. The number of piperidine rings is 1. The molecular weight excluding hydrogens is 247 g/mol. The van der Waals surface area contributed by atoms with Crippen LogP contribution in [0, 0.1) is 23.1 Å². The number of hydrogen-bond acceptors (Lipinski definition) is 4. The van der Waals surface area contributed by atoms with Gasteiger partial charge >= 0.3 is 5.97 Å². The smallest absolute Gasteiger partial charge is 0.310 e. The second-order valence-electron chi connectivity index (χ2n) is 4.62. The summed E-state index contributed by atoms with van der Waals surface area (Å²) in [6.45, 7) is 1.25. The standard InChI is InChI=1S/C14H15FN2O2/c1-19-14(18)11-3-2-4-17(9-11)13-6-10(8-16)5-12(15)7-13/h5-7,11H,2-4,9H2,1H3. The molecule has 100 valence electrons. The second kappa shape index (κ2) is 5.70. The van der Waals surface area contributed by atoms with E-state index in [1.807, 2.05) is 11.0 Å². The Kier molecular flexibility index (Phi) is 4.00. The maximum absolute atomic E-state index is 13.4. The first kappa shape index (κ1) is 13.3. The quantitative estimate of drug-likeness (QED) is 0.766. The molecule has 1 aliphatic heterocycles. The molecule has 4 nitrogen and oxygen atoms in total. The van der Waals surface area contributed by atoms with Crippen molar-refractivity contribution in [2.24, 2.45) is 5.92 Å². The minimum Gasteiger partial charge on any atom is -0.469 e. The van der Waals surface area contributed by atoms with Gasteiger partial charge in [0.25, 0.3) is 0 Å². The molecule has 0 aliphatic carbocycles. The summed E-state index contributed by atoms with van der Waals surface area (Å²) in [6.07, 6.45) is 1.63. The van der Waals surface area contributed by atoms with Crippen molar-refractivity contribution in [3.63, 3.8) is 0 Å². The first-order valence-electron chi connectivity index (χ1n) is 6.17. The average molecular weight is 262 g/mol. The first-order valence-corrected chi connectivity index (χ1v) is 6.17. The highest BCUT2D eigenvalue weighted by molar-refractivity contribution is 5.73. The number of methoxy groups -OCH3 is 1. The van der Waals surface area contributed by atoms with Crippen molar-refractivity contribution in [1.29, 1.82) is 5.26 Å². The third-order valence-corrected chi connectivity index (χ3v) is 3.33. The average Bonchev–Trinajstić information content (AvgIpc) is 2.45. The van der Waals surface area contributed by atoms with Crippen LogP contribution >= 0.6 is 0 Å². The van der Waals surface area contributed by atoms with Gasteiger partial charge in [-0.05, 0) is 31.0 Å². The van der Waals surface area contributed by atoms with Gasteiger partial charge in [-0.1, -0.05) is 0 Å². The lowest BCUT2D eigenvalue weighted by molar-refractivity contribution is -0.145. The Bertz CT molecular complexity index is 525. The zero-order valence-corrected chi connectivity index (χ0v) is 10.7. The van der Waals surface area contributed by atoms with Crippen molar-refractivity contribution in [3.05, 3.63) is 29.6 Å². The lowest BCUT2D eigenvalue weighted by Crippen LogP contribution is -2.39. The Morgan fingerprint density at radius 3 is 3.00 bits per heavy atom. The number of nitrogens with zero attached hydrogens (tertiary/aromatic N) is 2. The SMILES string of the molecule is COC(=O)C1CCCN(c2cc(F)cc(C#N)c2)C1. The molecule has 0 aromatic heterocycles. The highest BCUT2D eigenvalue weighted by Gasteiger charge is 2.26. The predicted octanol–water partition coefficient (Wildman–Crippen LogP) is 2.09. The second-order valence-corrected chi connectivity index (χ2v) is 4.62. The molecule has 1 aliphatic rings. The number of halogens is 1. The van der Waals surface area contributed by atoms with Crippen molar-refractivity contribution in [2.75, 3.05) is 25.1 Å². The summed E-state index contributed by atoms with van der Waals surface area (Å²) >= 11 is 0. The van der Waals surface area contributed by atoms with Gasteiger partial charge in [0.2, 0.25) is 0 Å². The number of carbonyl (C=O) groups is 1. The van der Waals surface area contributed by atoms with E-state index in [4.69, 9.17) is 10.00 Å². The fraction of sp³-hybridized carbons (Fsp3) is 0.429. The largest absolute Gasteiger partial charge is 0.469 e. The van der Waals surface area contributed by atoms with E-state index in [1.54, 1.807) is 6.07 Å². The molecule has 19 heavy (non-hydrogen) atoms. The first-order chi connectivity index (χ1) is 9.13. The number of carbonyl (C=O) groups excluding carboxylic acids is 1. The molecule has 1 saturated heterocycles. The maximum atomic E-state index is 13.4. The third-order valence-electron chi connectivity index (χ3n) is 3.33. The minimum absolute atomic E-state index is 0.187. The molecule has 0 saturated carbocycles. The fourth-order valence-corrected chi connectivity index (χ4v) is 2.39. The summed E-state index contributed by atoms with van der Waals surface area (Å²) in [4.78, 5) is 13.5. The van der Waals surface area contributed by atoms with Gasteiger partial charge in [-0.2, -0.15) is 5.26 Å². The third kappa shape index (κ3) is 3.02. The van der Waals surface area contributed by atoms with Crippen molar-refractivity contribution in [3.8, 4) is 6.07 Å². The summed E-state index contributed by atoms with van der Waals surface area (Å²) in [5.41, 5.74) is 0.931. The Labute approximate surface area is 111 Å². The number of benzene rings is 1. The van der Waals surface area contributed by atoms with E-state index < -0.39 is 5.82 Å². The molecule has 0 spiro atoms. The van der Waals surface area contributed by atoms with Crippen LogP contribution in [0.3, 0.4) is 0 Å². The Balaban J connectivity index is 2.20. The van der Waals surface area contributed by atoms with Gasteiger partial charge in [0.15, 0.2) is 0 Å². The van der Waals surface area contributed by atoms with Crippen LogP contribution in [0.15, 0.2) is 18.2 Å². The zero-order chi connectivity index (χ0) is 13.8. The lowest BCUT2D eigenvalue weighted by atomic mass is 9.97. The molecule has 1 unspecified atom stereocenters. The van der Waals surface area contributed by atoms with Crippen molar-refractivity contribution >= 4 is 11.7 Å². The number of rotatable bonds is 2. The van der Waals surface area contributed by atoms with E-state index >= 15 is 0 Å². The van der Waals surface area contributed by atoms with E-state index in [0.717, 1.165) is 19.4 Å². The summed E-state index contributed by atoms with van der Waals surface area (Å²) < 4.78 is 18.2. The Morgan fingerprint density at radius 1 is 1.53 bits per heavy atom. The van der Waals surface area contributed by atoms with E-state index in [-0.39, 0.29) is 17.5 Å². The lowest BCUT2D eigenvalue weighted by Gasteiger charge is -2.33. The fourth-order valence-electron chi connectivity index (χ4n) is 2.39. The molecule has 0 bridgehead atoms. The van der Waals surface area contributed by atoms with Crippen LogP contribution in [0.2, 0.25) is 0 Å². The molecule has 1 aromatic carbocycles. The van der Waals surface area contributed by atoms with Crippen LogP contribution in [-0.2, 0) is 9.53 Å². The van der Waals surface area contributed by atoms with Gasteiger partial charge in [-0.3, -0.25) is 4.79 Å². The number of ether oxygens (including phenoxy) is 1. The molecule has 0 amide bonds. The van der Waals surface area contributed by atoms with Gasteiger partial charge in [-0.25, -0.2) is 4.39 Å². The highest BCUT2D eigenvalue weighted by Crippen LogP contribution is 2.25. The van der Waals surface area contributed by atoms with Crippen LogP contribution in [0.1, 0.15) is 18.4 Å². The minimum atomic E-state index is -0.436. The van der Waals surface area contributed by atoms with Crippen molar-refractivity contribution in [2.45, 2.75) is 12.8 Å². The zero-order valence-electron chi connectivity index (χ0n) is 10.7. The van der Waals surface area contributed by atoms with Gasteiger partial charge in [0.1, 0.15) is 5.82 Å². The van der Waals surface area contributed by atoms with Gasteiger partial charge < -0.3 is 9.64 Å². The predicted molar refractivity (Wildman–Crippen MR) is 68.1 cm³/mol. The Morgan fingerprint density at radius 2 is 2.32 bits per heavy atom. The van der Waals surface area contributed by atoms with Crippen LogP contribution in [0.25, 0.3) is 0 Å². The Hall–Kier alpha value is -2.09. The van der Waals surface area contributed by atoms with E-state index in [9.17, 15) is 9.18 Å². The van der Waals surface area contributed by atoms with E-state index in [2.05, 4.69) is 0 Å². The number of esters is 1. The van der Waals surface area contributed by atoms with Crippen LogP contribution in [0.5, 0.6) is 0 Å². The van der Waals surface area contributed by atoms with Crippen LogP contribution < -0.4 is 4.90 Å². The normalized spacial score (nSPS) is 18.8. The molecule has 2 rings (SSSR count). The molecular formula is C14H15FN2O2. The summed E-state index contributed by atoms with van der Waals surface area (Å²) in [6, 6.07) is 6.16. The maximum Gasteiger partial charge on any atom is 0.310 e. The molecule has 1 aromatic rings. The highest BCUT2D eigenvalue weighted by atomic mass is 19.1. The van der Waals surface area contributed by atoms with E-state index in [0.29, 0.717) is 12.2 Å². The molecule has 5 heteroatoms. The van der Waals surface area contributed by atoms with Gasteiger partial charge in [0, 0.05) is 18.8 Å². The summed E-state index contributed by atoms with van der Waals surface area (Å²) in [7, 11) is 1.37. The number of hydrogen-bond donors (Lipinski definition) is 0. The monoisotopic (exact) mass is 262 g/mol. The molecule has 0 radical (unpaired) electrons. The number of anilines is 1. The summed E-state index contributed by atoms with van der Waals surface area (Å²) in [5.74, 6) is -0.858. The molecule has 1 heterocycles. The van der Waals surface area contributed by atoms with E-state index in [1.165, 1.54) is 19.2 Å². The number of nitriles is 1. The van der Waals surface area contributed by atoms with Crippen LogP contribution in [0.4, 0.5) is 10.1 Å². The molecule has 0 N–H and O–H groups in total. The van der Waals surface area contributed by atoms with Crippen molar-refractivity contribution < 1.29 is 13.9 Å². The van der Waals surface area contributed by atoms with Gasteiger partial charge in [0.05, 0.1) is 24.7 Å².